The summed E-state index contributed by atoms with van der Waals surface area (Å²) in [6.07, 6.45) is 3.83. The summed E-state index contributed by atoms with van der Waals surface area (Å²) < 4.78 is 0. The number of guanidine groups is 2. The lowest BCUT2D eigenvalue weighted by atomic mass is 9.84. The van der Waals surface area contributed by atoms with Crippen molar-refractivity contribution in [3.8, 4) is 0 Å². The van der Waals surface area contributed by atoms with E-state index in [1.165, 1.54) is 4.90 Å². The van der Waals surface area contributed by atoms with E-state index in [1.807, 2.05) is 12.1 Å². The number of aliphatic imine (C=N–C) groups is 2. The van der Waals surface area contributed by atoms with E-state index in [9.17, 15) is 24.6 Å². The van der Waals surface area contributed by atoms with E-state index < -0.39 is 41.4 Å². The van der Waals surface area contributed by atoms with Gasteiger partial charge in [-0.1, -0.05) is 19.1 Å². The summed E-state index contributed by atoms with van der Waals surface area (Å²) in [5, 5.41) is 29.0. The van der Waals surface area contributed by atoms with Crippen LogP contribution in [0.5, 0.6) is 0 Å². The zero-order valence-electron chi connectivity index (χ0n) is 21.1. The summed E-state index contributed by atoms with van der Waals surface area (Å²) in [7, 11) is 0. The van der Waals surface area contributed by atoms with Gasteiger partial charge in [0.15, 0.2) is 17.6 Å². The molecule has 13 nitrogen and oxygen atoms in total. The zero-order valence-corrected chi connectivity index (χ0v) is 21.1. The third-order valence-electron chi connectivity index (χ3n) is 8.59. The van der Waals surface area contributed by atoms with Gasteiger partial charge in [0, 0.05) is 24.4 Å². The van der Waals surface area contributed by atoms with Crippen LogP contribution in [-0.2, 0) is 22.4 Å². The number of nitrogens with zero attached hydrogens (tertiary/aromatic N) is 4. The Morgan fingerprint density at radius 3 is 2.71 bits per heavy atom. The van der Waals surface area contributed by atoms with E-state index >= 15 is 0 Å². The number of rotatable bonds is 4. The molecule has 0 bridgehead atoms. The molecule has 38 heavy (non-hydrogen) atoms. The number of fused-ring (bicyclic) bond motifs is 1. The number of imide groups is 1. The molecule has 0 radical (unpaired) electrons. The summed E-state index contributed by atoms with van der Waals surface area (Å²) in [4.78, 5) is 49.9. The average Bonchev–Trinajstić information content (AvgIpc) is 3.44. The summed E-state index contributed by atoms with van der Waals surface area (Å²) >= 11 is 0. The van der Waals surface area contributed by atoms with Crippen molar-refractivity contribution in [3.05, 3.63) is 34.9 Å². The summed E-state index contributed by atoms with van der Waals surface area (Å²) in [5.41, 5.74) is 13.2. The Bertz CT molecular complexity index is 1290. The monoisotopic (exact) mass is 524 g/mol. The first kappa shape index (κ1) is 24.6. The molecule has 4 heterocycles. The molecule has 6 rings (SSSR count). The van der Waals surface area contributed by atoms with Gasteiger partial charge in [-0.15, -0.1) is 0 Å². The molecule has 0 aromatic heterocycles. The van der Waals surface area contributed by atoms with Crippen LogP contribution in [0, 0.1) is 5.92 Å². The molecular weight excluding hydrogens is 492 g/mol. The normalized spacial score (nSPS) is 33.2. The van der Waals surface area contributed by atoms with Crippen LogP contribution in [0.2, 0.25) is 0 Å². The highest BCUT2D eigenvalue weighted by molar-refractivity contribution is 6.03. The van der Waals surface area contributed by atoms with Gasteiger partial charge in [-0.25, -0.2) is 9.98 Å². The van der Waals surface area contributed by atoms with Crippen LogP contribution < -0.4 is 22.1 Å². The Kier molecular flexibility index (Phi) is 5.44. The van der Waals surface area contributed by atoms with Crippen LogP contribution in [-0.4, -0.2) is 92.3 Å². The number of aryl methyl sites for hydroxylation is 1. The smallest absolute Gasteiger partial charge is 0.252 e. The molecule has 1 spiro atoms. The van der Waals surface area contributed by atoms with E-state index in [4.69, 9.17) is 11.5 Å². The molecule has 1 aliphatic carbocycles. The minimum atomic E-state index is -2.60. The third-order valence-corrected chi connectivity index (χ3v) is 8.59. The molecule has 2 unspecified atom stereocenters. The van der Waals surface area contributed by atoms with Crippen LogP contribution in [0.4, 0.5) is 0 Å². The maximum absolute atomic E-state index is 13.4. The van der Waals surface area contributed by atoms with Crippen LogP contribution in [0.1, 0.15) is 47.7 Å². The zero-order chi connectivity index (χ0) is 27.0. The van der Waals surface area contributed by atoms with Gasteiger partial charge in [0.2, 0.25) is 17.6 Å². The number of amides is 3. The molecular formula is C25H32N8O5. The van der Waals surface area contributed by atoms with Crippen molar-refractivity contribution in [1.82, 2.24) is 20.4 Å². The van der Waals surface area contributed by atoms with Gasteiger partial charge >= 0.3 is 0 Å². The lowest BCUT2D eigenvalue weighted by Crippen LogP contribution is -2.78. The highest BCUT2D eigenvalue weighted by Gasteiger charge is 2.73. The SMILES string of the molecule is CC1CC(=O)N(C[C@@H]2N=C(N)N3CC(NC(=O)c4cccc5c4CCCC5)C(O)(O)[C@@]34NC(N)=N[C@@H]24)C1=O. The number of hydrogen-bond acceptors (Lipinski definition) is 11. The van der Waals surface area contributed by atoms with Gasteiger partial charge in [0.05, 0.1) is 12.6 Å². The van der Waals surface area contributed by atoms with Crippen molar-refractivity contribution in [2.24, 2.45) is 27.4 Å². The van der Waals surface area contributed by atoms with E-state index in [0.717, 1.165) is 41.7 Å². The lowest BCUT2D eigenvalue weighted by molar-refractivity contribution is -0.230. The molecule has 2 saturated heterocycles. The number of aliphatic hydroxyl groups is 2. The predicted octanol–water partition coefficient (Wildman–Crippen LogP) is -2.26. The quantitative estimate of drug-likeness (QED) is 0.186. The van der Waals surface area contributed by atoms with Gasteiger partial charge < -0.3 is 37.2 Å². The molecule has 2 fully saturated rings. The molecule has 3 amide bonds. The van der Waals surface area contributed by atoms with Crippen molar-refractivity contribution in [2.75, 3.05) is 13.1 Å². The topological polar surface area (TPSA) is 199 Å². The number of hydrogen-bond donors (Lipinski definition) is 6. The molecule has 13 heteroatoms. The highest BCUT2D eigenvalue weighted by atomic mass is 16.5. The highest BCUT2D eigenvalue weighted by Crippen LogP contribution is 2.45. The molecule has 1 aromatic rings. The van der Waals surface area contributed by atoms with Crippen molar-refractivity contribution < 1.29 is 24.6 Å². The number of carbonyl (C=O) groups is 3. The Hall–Kier alpha value is -3.71. The Morgan fingerprint density at radius 1 is 1.21 bits per heavy atom. The Labute approximate surface area is 218 Å². The van der Waals surface area contributed by atoms with Crippen LogP contribution in [0.25, 0.3) is 0 Å². The number of benzene rings is 1. The number of likely N-dealkylation sites (tertiary alicyclic amines) is 1. The summed E-state index contributed by atoms with van der Waals surface area (Å²) in [5.74, 6) is -4.25. The van der Waals surface area contributed by atoms with E-state index in [0.29, 0.717) is 5.56 Å². The lowest BCUT2D eigenvalue weighted by Gasteiger charge is -2.49. The van der Waals surface area contributed by atoms with E-state index in [1.54, 1.807) is 13.0 Å². The second kappa shape index (κ2) is 8.40. The van der Waals surface area contributed by atoms with Crippen molar-refractivity contribution >= 4 is 29.6 Å². The van der Waals surface area contributed by atoms with Crippen LogP contribution in [0.15, 0.2) is 28.2 Å². The van der Waals surface area contributed by atoms with Gasteiger partial charge in [-0.2, -0.15) is 0 Å². The fraction of sp³-hybridized carbons (Fsp3) is 0.560. The number of nitrogens with two attached hydrogens (primary N) is 2. The standard InChI is InChI=1S/C25H32N8O5/c1-12-9-18(34)32(21(12)36)10-16-19-24(31-22(26)30-19)25(37,38)17(11-33(24)23(27)28-16)29-20(35)15-8-4-6-13-5-2-3-7-14(13)15/h4,6,8,12,16-17,19,37-38H,2-3,5,7,9-11H2,1H3,(H2,27,28)(H,29,35)(H3,26,30,31)/t12?,16-,17?,19-,24-/m0/s1. The predicted molar refractivity (Wildman–Crippen MR) is 135 cm³/mol. The second-order valence-corrected chi connectivity index (χ2v) is 10.9. The maximum Gasteiger partial charge on any atom is 0.252 e. The van der Waals surface area contributed by atoms with Gasteiger partial charge in [-0.05, 0) is 42.9 Å². The third kappa shape index (κ3) is 3.34. The Balaban J connectivity index is 1.31. The second-order valence-electron chi connectivity index (χ2n) is 10.9. The summed E-state index contributed by atoms with van der Waals surface area (Å²) in [6, 6.07) is 2.52. The van der Waals surface area contributed by atoms with Gasteiger partial charge in [-0.3, -0.25) is 19.3 Å². The largest absolute Gasteiger partial charge is 0.370 e. The molecule has 8 N–H and O–H groups in total. The van der Waals surface area contributed by atoms with Crippen molar-refractivity contribution in [1.29, 1.82) is 0 Å². The van der Waals surface area contributed by atoms with Crippen molar-refractivity contribution in [3.63, 3.8) is 0 Å². The minimum absolute atomic E-state index is 0.0443. The van der Waals surface area contributed by atoms with Crippen molar-refractivity contribution in [2.45, 2.75) is 68.6 Å². The molecule has 5 aliphatic rings. The molecule has 5 atom stereocenters. The van der Waals surface area contributed by atoms with E-state index in [2.05, 4.69) is 20.6 Å². The molecule has 0 saturated carbocycles. The average molecular weight is 525 g/mol. The number of nitrogens with one attached hydrogen (secondary N) is 2. The van der Waals surface area contributed by atoms with Gasteiger partial charge in [0.25, 0.3) is 5.91 Å². The fourth-order valence-corrected chi connectivity index (χ4v) is 6.69. The summed E-state index contributed by atoms with van der Waals surface area (Å²) in [6.45, 7) is 1.46. The fourth-order valence-electron chi connectivity index (χ4n) is 6.69. The Morgan fingerprint density at radius 2 is 1.97 bits per heavy atom. The molecule has 4 aliphatic heterocycles. The first-order valence-electron chi connectivity index (χ1n) is 13.0. The number of carbonyl (C=O) groups excluding carboxylic acids is 3. The van der Waals surface area contributed by atoms with Gasteiger partial charge in [0.1, 0.15) is 12.1 Å². The first-order valence-corrected chi connectivity index (χ1v) is 13.0. The maximum atomic E-state index is 13.4. The van der Waals surface area contributed by atoms with E-state index in [-0.39, 0.29) is 43.2 Å². The van der Waals surface area contributed by atoms with Crippen LogP contribution in [0.3, 0.4) is 0 Å². The molecule has 1 aromatic carbocycles. The minimum Gasteiger partial charge on any atom is -0.370 e. The molecule has 202 valence electrons. The first-order chi connectivity index (χ1) is 18.0. The van der Waals surface area contributed by atoms with Crippen LogP contribution >= 0.6 is 0 Å².